The van der Waals surface area contributed by atoms with Crippen LogP contribution in [0.2, 0.25) is 0 Å². The van der Waals surface area contributed by atoms with Crippen LogP contribution in [0.3, 0.4) is 0 Å². The van der Waals surface area contributed by atoms with Gasteiger partial charge in [-0.25, -0.2) is 0 Å². The Balaban J connectivity index is 1.65. The summed E-state index contributed by atoms with van der Waals surface area (Å²) < 4.78 is 11.0. The van der Waals surface area contributed by atoms with Gasteiger partial charge < -0.3 is 19.7 Å². The molecule has 0 saturated carbocycles. The summed E-state index contributed by atoms with van der Waals surface area (Å²) in [4.78, 5) is 26.4. The average Bonchev–Trinajstić information content (AvgIpc) is 2.73. The first-order valence-electron chi connectivity index (χ1n) is 9.38. The predicted octanol–water partition coefficient (Wildman–Crippen LogP) is 3.59. The lowest BCUT2D eigenvalue weighted by Gasteiger charge is -2.19. The minimum absolute atomic E-state index is 0.0482. The van der Waals surface area contributed by atoms with Gasteiger partial charge in [-0.1, -0.05) is 12.1 Å². The number of carbonyl (C=O) groups is 2. The normalized spacial score (nSPS) is 12.6. The second-order valence-corrected chi connectivity index (χ2v) is 6.28. The number of carbonyl (C=O) groups excluding carboxylic acids is 2. The van der Waals surface area contributed by atoms with E-state index in [9.17, 15) is 9.59 Å². The Morgan fingerprint density at radius 3 is 2.54 bits per heavy atom. The van der Waals surface area contributed by atoms with E-state index in [4.69, 9.17) is 9.47 Å². The molecule has 28 heavy (non-hydrogen) atoms. The summed E-state index contributed by atoms with van der Waals surface area (Å²) in [5, 5.41) is 2.79. The van der Waals surface area contributed by atoms with Crippen molar-refractivity contribution >= 4 is 23.6 Å². The van der Waals surface area contributed by atoms with E-state index < -0.39 is 0 Å². The van der Waals surface area contributed by atoms with Gasteiger partial charge in [-0.3, -0.25) is 9.59 Å². The summed E-state index contributed by atoms with van der Waals surface area (Å²) in [6.07, 6.45) is 3.16. The number of nitrogens with one attached hydrogen (secondary N) is 1. The van der Waals surface area contributed by atoms with Gasteiger partial charge in [-0.15, -0.1) is 0 Å². The monoisotopic (exact) mass is 380 g/mol. The maximum absolute atomic E-state index is 12.5. The Morgan fingerprint density at radius 1 is 1.04 bits per heavy atom. The zero-order valence-electron chi connectivity index (χ0n) is 16.1. The zero-order chi connectivity index (χ0) is 19.9. The number of anilines is 1. The van der Waals surface area contributed by atoms with Crippen LogP contribution in [-0.4, -0.2) is 43.0 Å². The smallest absolute Gasteiger partial charge is 0.253 e. The Bertz CT molecular complexity index is 888. The molecule has 0 aliphatic carbocycles. The number of fused-ring (bicyclic) bond motifs is 1. The van der Waals surface area contributed by atoms with Crippen molar-refractivity contribution in [3.63, 3.8) is 0 Å². The number of amides is 2. The van der Waals surface area contributed by atoms with Crippen LogP contribution < -0.4 is 14.8 Å². The first-order valence-corrected chi connectivity index (χ1v) is 9.38. The molecule has 2 amide bonds. The van der Waals surface area contributed by atoms with Crippen molar-refractivity contribution < 1.29 is 19.1 Å². The van der Waals surface area contributed by atoms with Crippen molar-refractivity contribution in [3.05, 3.63) is 59.7 Å². The molecular weight excluding hydrogens is 356 g/mol. The minimum atomic E-state index is -0.276. The number of ether oxygens (including phenoxy) is 2. The zero-order valence-corrected chi connectivity index (χ0v) is 16.1. The maximum atomic E-state index is 12.5. The molecule has 1 heterocycles. The lowest BCUT2D eigenvalue weighted by molar-refractivity contribution is -0.111. The van der Waals surface area contributed by atoms with E-state index in [0.29, 0.717) is 49.1 Å². The molecule has 146 valence electrons. The Morgan fingerprint density at radius 2 is 1.79 bits per heavy atom. The second-order valence-electron chi connectivity index (χ2n) is 6.28. The third-order valence-electron chi connectivity index (χ3n) is 4.42. The molecule has 0 fully saturated rings. The number of nitrogens with zero attached hydrogens (tertiary/aromatic N) is 1. The summed E-state index contributed by atoms with van der Waals surface area (Å²) in [5.41, 5.74) is 1.97. The van der Waals surface area contributed by atoms with Gasteiger partial charge in [0.2, 0.25) is 5.91 Å². The highest BCUT2D eigenvalue weighted by molar-refractivity contribution is 6.03. The highest BCUT2D eigenvalue weighted by Gasteiger charge is 2.13. The highest BCUT2D eigenvalue weighted by atomic mass is 16.6. The summed E-state index contributed by atoms with van der Waals surface area (Å²) >= 11 is 0. The van der Waals surface area contributed by atoms with Crippen LogP contribution in [0, 0.1) is 0 Å². The molecule has 0 atom stereocenters. The van der Waals surface area contributed by atoms with Gasteiger partial charge in [0.1, 0.15) is 13.2 Å². The average molecular weight is 380 g/mol. The van der Waals surface area contributed by atoms with E-state index in [-0.39, 0.29) is 11.8 Å². The lowest BCUT2D eigenvalue weighted by atomic mass is 10.1. The Kier molecular flexibility index (Phi) is 6.32. The largest absolute Gasteiger partial charge is 0.486 e. The highest BCUT2D eigenvalue weighted by Crippen LogP contribution is 2.31. The topological polar surface area (TPSA) is 67.9 Å². The van der Waals surface area contributed by atoms with Gasteiger partial charge in [0, 0.05) is 30.4 Å². The standard InChI is InChI=1S/C22H24N2O4/c1-3-24(4-2)22(26)17-6-5-7-18(15-17)23-21(25)11-9-16-8-10-19-20(14-16)28-13-12-27-19/h5-11,14-15H,3-4,12-13H2,1-2H3,(H,23,25). The molecule has 3 rings (SSSR count). The van der Waals surface area contributed by atoms with E-state index in [1.807, 2.05) is 32.0 Å². The third-order valence-corrected chi connectivity index (χ3v) is 4.42. The number of hydrogen-bond acceptors (Lipinski definition) is 4. The molecule has 0 radical (unpaired) electrons. The molecule has 1 aliphatic heterocycles. The maximum Gasteiger partial charge on any atom is 0.253 e. The first kappa shape index (κ1) is 19.5. The molecule has 6 nitrogen and oxygen atoms in total. The van der Waals surface area contributed by atoms with E-state index in [1.165, 1.54) is 6.08 Å². The molecule has 1 N–H and O–H groups in total. The summed E-state index contributed by atoms with van der Waals surface area (Å²) in [5.74, 6) is 1.06. The van der Waals surface area contributed by atoms with E-state index in [2.05, 4.69) is 5.32 Å². The van der Waals surface area contributed by atoms with E-state index >= 15 is 0 Å². The van der Waals surface area contributed by atoms with E-state index in [1.54, 1.807) is 35.2 Å². The van der Waals surface area contributed by atoms with Crippen LogP contribution in [0.1, 0.15) is 29.8 Å². The van der Waals surface area contributed by atoms with Crippen LogP contribution in [0.15, 0.2) is 48.5 Å². The van der Waals surface area contributed by atoms with Crippen molar-refractivity contribution in [2.75, 3.05) is 31.6 Å². The molecule has 6 heteroatoms. The molecule has 0 bridgehead atoms. The first-order chi connectivity index (χ1) is 13.6. The molecule has 1 aliphatic rings. The van der Waals surface area contributed by atoms with E-state index in [0.717, 1.165) is 5.56 Å². The molecule has 2 aromatic rings. The van der Waals surface area contributed by atoms with Gasteiger partial charge in [-0.05, 0) is 55.8 Å². The Labute approximate surface area is 164 Å². The van der Waals surface area contributed by atoms with Gasteiger partial charge in [0.15, 0.2) is 11.5 Å². The van der Waals surface area contributed by atoms with Crippen LogP contribution in [-0.2, 0) is 4.79 Å². The van der Waals surface area contributed by atoms with Crippen molar-refractivity contribution in [2.45, 2.75) is 13.8 Å². The van der Waals surface area contributed by atoms with Crippen LogP contribution in [0.25, 0.3) is 6.08 Å². The van der Waals surface area contributed by atoms with Crippen LogP contribution in [0.5, 0.6) is 11.5 Å². The van der Waals surface area contributed by atoms with Crippen molar-refractivity contribution in [1.29, 1.82) is 0 Å². The molecule has 0 spiro atoms. The van der Waals surface area contributed by atoms with Crippen LogP contribution in [0.4, 0.5) is 5.69 Å². The predicted molar refractivity (Wildman–Crippen MR) is 109 cm³/mol. The summed E-state index contributed by atoms with van der Waals surface area (Å²) in [6, 6.07) is 12.5. The lowest BCUT2D eigenvalue weighted by Crippen LogP contribution is -2.30. The van der Waals surface area contributed by atoms with Gasteiger partial charge in [0.05, 0.1) is 0 Å². The van der Waals surface area contributed by atoms with Gasteiger partial charge in [-0.2, -0.15) is 0 Å². The fraction of sp³-hybridized carbons (Fsp3) is 0.273. The third kappa shape index (κ3) is 4.71. The molecular formula is C22H24N2O4. The minimum Gasteiger partial charge on any atom is -0.486 e. The van der Waals surface area contributed by atoms with Gasteiger partial charge in [0.25, 0.3) is 5.91 Å². The summed E-state index contributed by atoms with van der Waals surface area (Å²) in [7, 11) is 0. The molecule has 0 aromatic heterocycles. The molecule has 0 saturated heterocycles. The van der Waals surface area contributed by atoms with Gasteiger partial charge >= 0.3 is 0 Å². The SMILES string of the molecule is CCN(CC)C(=O)c1cccc(NC(=O)C=Cc2ccc3c(c2)OCCO3)c1. The fourth-order valence-electron chi connectivity index (χ4n) is 2.94. The summed E-state index contributed by atoms with van der Waals surface area (Å²) in [6.45, 7) is 6.23. The van der Waals surface area contributed by atoms with Crippen molar-refractivity contribution in [3.8, 4) is 11.5 Å². The number of benzene rings is 2. The number of hydrogen-bond donors (Lipinski definition) is 1. The second kappa shape index (κ2) is 9.08. The quantitative estimate of drug-likeness (QED) is 0.778. The Hall–Kier alpha value is -3.28. The van der Waals surface area contributed by atoms with Crippen LogP contribution >= 0.6 is 0 Å². The fourth-order valence-corrected chi connectivity index (χ4v) is 2.94. The number of rotatable bonds is 6. The van der Waals surface area contributed by atoms with Crippen molar-refractivity contribution in [2.24, 2.45) is 0 Å². The molecule has 0 unspecified atom stereocenters. The van der Waals surface area contributed by atoms with Crippen molar-refractivity contribution in [1.82, 2.24) is 4.90 Å². The molecule has 2 aromatic carbocycles.